The van der Waals surface area contributed by atoms with Crippen molar-refractivity contribution in [2.24, 2.45) is 7.05 Å². The van der Waals surface area contributed by atoms with E-state index in [1.165, 1.54) is 0 Å². The Morgan fingerprint density at radius 2 is 2.43 bits per heavy atom. The van der Waals surface area contributed by atoms with Gasteiger partial charge >= 0.3 is 6.03 Å². The van der Waals surface area contributed by atoms with Gasteiger partial charge in [0.1, 0.15) is 0 Å². The first-order valence-corrected chi connectivity index (χ1v) is 8.72. The van der Waals surface area contributed by atoms with Gasteiger partial charge in [-0.05, 0) is 37.6 Å². The molecular formula is C16H22N4O2S. The maximum Gasteiger partial charge on any atom is 0.322 e. The summed E-state index contributed by atoms with van der Waals surface area (Å²) in [5, 5.41) is 19.5. The number of hydrogen-bond acceptors (Lipinski definition) is 4. The van der Waals surface area contributed by atoms with Crippen molar-refractivity contribution >= 4 is 23.1 Å². The molecule has 124 valence electrons. The molecule has 0 aromatic carbocycles. The van der Waals surface area contributed by atoms with E-state index in [-0.39, 0.29) is 12.1 Å². The lowest BCUT2D eigenvalue weighted by molar-refractivity contribution is 0.132. The Kier molecular flexibility index (Phi) is 4.68. The molecule has 0 bridgehead atoms. The number of nitrogens with zero attached hydrogens (tertiary/aromatic N) is 3. The van der Waals surface area contributed by atoms with Crippen LogP contribution >= 0.6 is 11.3 Å². The maximum absolute atomic E-state index is 12.6. The molecule has 1 aliphatic heterocycles. The molecule has 1 fully saturated rings. The smallest absolute Gasteiger partial charge is 0.322 e. The predicted octanol–water partition coefficient (Wildman–Crippen LogP) is 2.91. The Labute approximate surface area is 139 Å². The molecule has 2 atom stereocenters. The van der Waals surface area contributed by atoms with Crippen LogP contribution in [0.5, 0.6) is 0 Å². The molecular weight excluding hydrogens is 312 g/mol. The Bertz CT molecular complexity index is 668. The summed E-state index contributed by atoms with van der Waals surface area (Å²) in [6.07, 6.45) is 3.79. The average molecular weight is 334 g/mol. The molecule has 0 radical (unpaired) electrons. The summed E-state index contributed by atoms with van der Waals surface area (Å²) in [5.74, 6) is 0. The highest BCUT2D eigenvalue weighted by molar-refractivity contribution is 7.10. The van der Waals surface area contributed by atoms with Crippen molar-refractivity contribution in [3.8, 4) is 0 Å². The second kappa shape index (κ2) is 6.72. The average Bonchev–Trinajstić information content (AvgIpc) is 3.21. The third kappa shape index (κ3) is 3.56. The molecule has 7 heteroatoms. The van der Waals surface area contributed by atoms with Crippen molar-refractivity contribution in [1.82, 2.24) is 14.7 Å². The fraction of sp³-hybridized carbons (Fsp3) is 0.500. The molecule has 0 spiro atoms. The zero-order valence-electron chi connectivity index (χ0n) is 13.4. The number of aryl methyl sites for hydroxylation is 2. The van der Waals surface area contributed by atoms with Gasteiger partial charge in [0, 0.05) is 30.7 Å². The number of aliphatic hydroxyl groups is 1. The van der Waals surface area contributed by atoms with Gasteiger partial charge in [0.25, 0.3) is 0 Å². The van der Waals surface area contributed by atoms with Crippen LogP contribution in [0.25, 0.3) is 0 Å². The highest BCUT2D eigenvalue weighted by Crippen LogP contribution is 2.30. The lowest BCUT2D eigenvalue weighted by Gasteiger charge is -2.26. The quantitative estimate of drug-likeness (QED) is 0.903. The first-order valence-electron chi connectivity index (χ1n) is 7.84. The van der Waals surface area contributed by atoms with E-state index in [1.54, 1.807) is 22.2 Å². The third-order valence-corrected chi connectivity index (χ3v) is 5.23. The van der Waals surface area contributed by atoms with Gasteiger partial charge in [0.05, 0.1) is 17.5 Å². The largest absolute Gasteiger partial charge is 0.387 e. The van der Waals surface area contributed by atoms with Crippen molar-refractivity contribution in [2.45, 2.75) is 38.3 Å². The predicted molar refractivity (Wildman–Crippen MR) is 90.6 cm³/mol. The molecule has 2 aromatic rings. The van der Waals surface area contributed by atoms with Crippen molar-refractivity contribution < 1.29 is 9.90 Å². The van der Waals surface area contributed by atoms with Crippen LogP contribution in [0.3, 0.4) is 0 Å². The van der Waals surface area contributed by atoms with Gasteiger partial charge in [0.15, 0.2) is 0 Å². The van der Waals surface area contributed by atoms with Gasteiger partial charge in [-0.3, -0.25) is 4.68 Å². The number of amides is 2. The summed E-state index contributed by atoms with van der Waals surface area (Å²) < 4.78 is 1.69. The summed E-state index contributed by atoms with van der Waals surface area (Å²) in [6.45, 7) is 2.60. The number of rotatable bonds is 4. The lowest BCUT2D eigenvalue weighted by atomic mass is 10.1. The first-order chi connectivity index (χ1) is 11.0. The van der Waals surface area contributed by atoms with Crippen molar-refractivity contribution in [2.75, 3.05) is 11.9 Å². The number of aromatic nitrogens is 2. The van der Waals surface area contributed by atoms with Crippen LogP contribution in [0.1, 0.15) is 35.9 Å². The van der Waals surface area contributed by atoms with Crippen LogP contribution in [-0.4, -0.2) is 38.4 Å². The number of aliphatic hydroxyl groups excluding tert-OH is 1. The molecule has 2 amide bonds. The van der Waals surface area contributed by atoms with E-state index in [9.17, 15) is 9.90 Å². The molecule has 0 unspecified atom stereocenters. The second-order valence-corrected chi connectivity index (χ2v) is 6.97. The Hall–Kier alpha value is -1.86. The van der Waals surface area contributed by atoms with Crippen molar-refractivity contribution in [3.63, 3.8) is 0 Å². The van der Waals surface area contributed by atoms with Crippen LogP contribution in [0, 0.1) is 6.92 Å². The highest BCUT2D eigenvalue weighted by atomic mass is 32.1. The van der Waals surface area contributed by atoms with Gasteiger partial charge in [-0.15, -0.1) is 11.3 Å². The van der Waals surface area contributed by atoms with Gasteiger partial charge < -0.3 is 15.3 Å². The summed E-state index contributed by atoms with van der Waals surface area (Å²) in [7, 11) is 1.83. The van der Waals surface area contributed by atoms with E-state index in [0.717, 1.165) is 35.6 Å². The summed E-state index contributed by atoms with van der Waals surface area (Å²) in [4.78, 5) is 15.3. The molecule has 3 rings (SSSR count). The second-order valence-electron chi connectivity index (χ2n) is 5.99. The zero-order valence-corrected chi connectivity index (χ0v) is 14.2. The molecule has 1 aliphatic rings. The van der Waals surface area contributed by atoms with E-state index in [4.69, 9.17) is 0 Å². The minimum absolute atomic E-state index is 0.0732. The minimum atomic E-state index is -0.506. The summed E-state index contributed by atoms with van der Waals surface area (Å²) in [5.41, 5.74) is 1.54. The number of urea groups is 1. The van der Waals surface area contributed by atoms with Crippen molar-refractivity contribution in [3.05, 3.63) is 34.3 Å². The van der Waals surface area contributed by atoms with E-state index in [2.05, 4.69) is 10.4 Å². The van der Waals surface area contributed by atoms with Crippen LogP contribution in [-0.2, 0) is 7.05 Å². The number of hydrogen-bond donors (Lipinski definition) is 2. The minimum Gasteiger partial charge on any atom is -0.387 e. The number of carbonyl (C=O) groups excluding carboxylic acids is 1. The van der Waals surface area contributed by atoms with E-state index >= 15 is 0 Å². The fourth-order valence-electron chi connectivity index (χ4n) is 3.11. The topological polar surface area (TPSA) is 70.4 Å². The molecule has 2 aromatic heterocycles. The Morgan fingerprint density at radius 1 is 1.61 bits per heavy atom. The van der Waals surface area contributed by atoms with Gasteiger partial charge in [0.2, 0.25) is 0 Å². The van der Waals surface area contributed by atoms with Crippen LogP contribution in [0.4, 0.5) is 10.5 Å². The number of carbonyl (C=O) groups is 1. The summed E-state index contributed by atoms with van der Waals surface area (Å²) >= 11 is 1.55. The molecule has 0 saturated carbocycles. The number of thiophene rings is 1. The van der Waals surface area contributed by atoms with Gasteiger partial charge in [-0.1, -0.05) is 6.07 Å². The van der Waals surface area contributed by atoms with Crippen molar-refractivity contribution in [1.29, 1.82) is 0 Å². The first kappa shape index (κ1) is 16.0. The lowest BCUT2D eigenvalue weighted by Crippen LogP contribution is -2.39. The zero-order chi connectivity index (χ0) is 16.4. The normalized spacial score (nSPS) is 19.1. The monoisotopic (exact) mass is 334 g/mol. The van der Waals surface area contributed by atoms with E-state index in [1.807, 2.05) is 36.4 Å². The number of anilines is 1. The fourth-order valence-corrected chi connectivity index (χ4v) is 3.84. The van der Waals surface area contributed by atoms with E-state index in [0.29, 0.717) is 6.42 Å². The van der Waals surface area contributed by atoms with Crippen LogP contribution in [0.2, 0.25) is 0 Å². The van der Waals surface area contributed by atoms with Gasteiger partial charge in [-0.25, -0.2) is 4.79 Å². The number of likely N-dealkylation sites (tertiary alicyclic amines) is 1. The number of nitrogens with one attached hydrogen (secondary N) is 1. The summed E-state index contributed by atoms with van der Waals surface area (Å²) in [6, 6.07) is 3.84. The molecule has 2 N–H and O–H groups in total. The molecule has 0 aliphatic carbocycles. The highest BCUT2D eigenvalue weighted by Gasteiger charge is 2.31. The third-order valence-electron chi connectivity index (χ3n) is 4.26. The van der Waals surface area contributed by atoms with E-state index < -0.39 is 6.10 Å². The van der Waals surface area contributed by atoms with Crippen LogP contribution in [0.15, 0.2) is 23.7 Å². The molecule has 3 heterocycles. The van der Waals surface area contributed by atoms with Crippen LogP contribution < -0.4 is 5.32 Å². The Balaban J connectivity index is 1.64. The molecule has 1 saturated heterocycles. The molecule has 6 nitrogen and oxygen atoms in total. The molecule has 23 heavy (non-hydrogen) atoms. The standard InChI is InChI=1S/C16H22N4O2S/c1-11-13(10-19(2)18-11)17-16(22)20-7-3-5-12(20)9-14(21)15-6-4-8-23-15/h4,6,8,10,12,14,21H,3,5,7,9H2,1-2H3,(H,17,22)/t12-,14-/m1/s1. The maximum atomic E-state index is 12.6. The van der Waals surface area contributed by atoms with Gasteiger partial charge in [-0.2, -0.15) is 5.10 Å². The SMILES string of the molecule is Cc1nn(C)cc1NC(=O)N1CCC[C@@H]1C[C@@H](O)c1cccs1. The Morgan fingerprint density at radius 3 is 3.09 bits per heavy atom.